The number of anilines is 2. The van der Waals surface area contributed by atoms with Crippen LogP contribution < -0.4 is 11.1 Å². The predicted octanol–water partition coefficient (Wildman–Crippen LogP) is 8.86. The summed E-state index contributed by atoms with van der Waals surface area (Å²) in [6.07, 6.45) is 3.71. The third kappa shape index (κ3) is 9.69. The Kier molecular flexibility index (Phi) is 13.3. The lowest BCUT2D eigenvalue weighted by atomic mass is 10.1. The average Bonchev–Trinajstić information content (AvgIpc) is 3.75. The fourth-order valence-corrected chi connectivity index (χ4v) is 5.51. The molecule has 0 radical (unpaired) electrons. The molecule has 0 atom stereocenters. The van der Waals surface area contributed by atoms with E-state index in [1.54, 1.807) is 18.2 Å². The largest absolute Gasteiger partial charge is 0.465 e. The number of esters is 2. The summed E-state index contributed by atoms with van der Waals surface area (Å²) in [5.41, 5.74) is 10.9. The number of ether oxygens (including phenoxy) is 2. The number of methoxy groups -OCH3 is 2. The number of nitrogens with zero attached hydrogens (tertiary/aromatic N) is 4. The van der Waals surface area contributed by atoms with Crippen LogP contribution in [0.15, 0.2) is 85.2 Å². The second kappa shape index (κ2) is 17.6. The summed E-state index contributed by atoms with van der Waals surface area (Å²) in [6.45, 7) is 8.68. The van der Waals surface area contributed by atoms with Crippen molar-refractivity contribution in [3.05, 3.63) is 119 Å². The van der Waals surface area contributed by atoms with Crippen molar-refractivity contribution in [3.8, 4) is 0 Å². The van der Waals surface area contributed by atoms with Gasteiger partial charge in [-0.3, -0.25) is 9.36 Å². The molecule has 0 unspecified atom stereocenters. The van der Waals surface area contributed by atoms with Gasteiger partial charge in [0.2, 0.25) is 0 Å². The van der Waals surface area contributed by atoms with Gasteiger partial charge in [0, 0.05) is 51.7 Å². The number of benzene rings is 4. The Morgan fingerprint density at radius 1 is 0.745 bits per heavy atom. The Morgan fingerprint density at radius 2 is 1.24 bits per heavy atom. The van der Waals surface area contributed by atoms with E-state index in [1.807, 2.05) is 58.2 Å². The number of carbonyl (C=O) groups is 2. The van der Waals surface area contributed by atoms with E-state index in [-0.39, 0.29) is 17.2 Å². The Labute approximate surface area is 303 Å². The second-order valence-electron chi connectivity index (χ2n) is 12.0. The molecule has 2 aromatic heterocycles. The quantitative estimate of drug-likeness (QED) is 0.0895. The monoisotopic (exact) mass is 762 g/mol. The van der Waals surface area contributed by atoms with Crippen LogP contribution in [0.5, 0.6) is 0 Å². The molecule has 0 bridgehead atoms. The van der Waals surface area contributed by atoms with E-state index in [9.17, 15) is 18.4 Å². The van der Waals surface area contributed by atoms with E-state index in [2.05, 4.69) is 68.6 Å². The molecule has 51 heavy (non-hydrogen) atoms. The molecule has 6 aromatic rings. The number of carbonyl (C=O) groups excluding carboxylic acids is 2. The third-order valence-electron chi connectivity index (χ3n) is 7.77. The number of rotatable bonds is 8. The van der Waals surface area contributed by atoms with E-state index >= 15 is 0 Å². The number of alkyl halides is 1. The standard InChI is InChI=1S/C19H20FN3O2.C10H13N3.C9H8BrFO2/c1-12(2)23-18-9-16(7-6-15(18)11-22-23)21-10-14-5-4-13(8-17(14)20)19(24)25-3;1-7(2)13-10-5-9(11)4-3-8(10)6-12-13;1-13-9(12)6-2-3-7(5-10)8(11)4-6/h4-9,11-12,21H,10H2,1-3H3;3-7H,11H2,1-2H3;2-4H,5H2,1H3. The highest BCUT2D eigenvalue weighted by molar-refractivity contribution is 9.08. The number of nitrogens with one attached hydrogen (secondary N) is 1. The molecule has 0 aliphatic heterocycles. The number of aromatic nitrogens is 4. The van der Waals surface area contributed by atoms with Crippen molar-refractivity contribution in [1.82, 2.24) is 19.6 Å². The van der Waals surface area contributed by atoms with Crippen molar-refractivity contribution >= 4 is 61.0 Å². The maximum absolute atomic E-state index is 14.2. The molecule has 0 aliphatic rings. The van der Waals surface area contributed by atoms with Crippen LogP contribution in [0.25, 0.3) is 21.8 Å². The van der Waals surface area contributed by atoms with Crippen LogP contribution in [-0.2, 0) is 21.3 Å². The van der Waals surface area contributed by atoms with E-state index < -0.39 is 23.6 Å². The van der Waals surface area contributed by atoms with Gasteiger partial charge in [0.25, 0.3) is 0 Å². The topological polar surface area (TPSA) is 126 Å². The van der Waals surface area contributed by atoms with Gasteiger partial charge in [-0.25, -0.2) is 18.4 Å². The number of hydrogen-bond acceptors (Lipinski definition) is 8. The number of nitrogen functional groups attached to an aromatic ring is 1. The fraction of sp³-hybridized carbons (Fsp3) is 0.263. The van der Waals surface area contributed by atoms with Crippen LogP contribution >= 0.6 is 15.9 Å². The molecule has 6 rings (SSSR count). The van der Waals surface area contributed by atoms with Crippen LogP contribution in [0.1, 0.15) is 71.6 Å². The summed E-state index contributed by atoms with van der Waals surface area (Å²) in [4.78, 5) is 22.4. The molecule has 268 valence electrons. The van der Waals surface area contributed by atoms with E-state index in [1.165, 1.54) is 32.4 Å². The Hall–Kier alpha value is -5.30. The van der Waals surface area contributed by atoms with Gasteiger partial charge in [0.05, 0.1) is 48.8 Å². The van der Waals surface area contributed by atoms with Gasteiger partial charge in [-0.05, 0) is 93.9 Å². The highest BCUT2D eigenvalue weighted by atomic mass is 79.9. The van der Waals surface area contributed by atoms with Crippen LogP contribution in [0.4, 0.5) is 20.2 Å². The van der Waals surface area contributed by atoms with Gasteiger partial charge in [0.15, 0.2) is 0 Å². The molecule has 0 saturated carbocycles. The van der Waals surface area contributed by atoms with Gasteiger partial charge in [-0.2, -0.15) is 10.2 Å². The zero-order chi connectivity index (χ0) is 37.2. The molecule has 0 aliphatic carbocycles. The highest BCUT2D eigenvalue weighted by Crippen LogP contribution is 2.23. The van der Waals surface area contributed by atoms with Crippen molar-refractivity contribution in [1.29, 1.82) is 0 Å². The number of halogens is 3. The van der Waals surface area contributed by atoms with Gasteiger partial charge in [-0.15, -0.1) is 0 Å². The molecule has 0 amide bonds. The van der Waals surface area contributed by atoms with Crippen molar-refractivity contribution in [2.75, 3.05) is 25.3 Å². The Balaban J connectivity index is 0.000000189. The lowest BCUT2D eigenvalue weighted by molar-refractivity contribution is 0.0591. The van der Waals surface area contributed by atoms with Gasteiger partial charge >= 0.3 is 11.9 Å². The summed E-state index contributed by atoms with van der Waals surface area (Å²) < 4.78 is 40.2. The first-order valence-corrected chi connectivity index (χ1v) is 17.2. The maximum Gasteiger partial charge on any atom is 0.337 e. The van der Waals surface area contributed by atoms with Crippen LogP contribution in [-0.4, -0.2) is 45.7 Å². The molecule has 10 nitrogen and oxygen atoms in total. The van der Waals surface area contributed by atoms with Crippen LogP contribution in [0.2, 0.25) is 0 Å². The molecule has 13 heteroatoms. The van der Waals surface area contributed by atoms with Crippen molar-refractivity contribution < 1.29 is 27.8 Å². The lowest BCUT2D eigenvalue weighted by Crippen LogP contribution is -2.06. The van der Waals surface area contributed by atoms with E-state index in [4.69, 9.17) is 5.73 Å². The van der Waals surface area contributed by atoms with E-state index in [0.717, 1.165) is 33.2 Å². The molecule has 2 heterocycles. The highest BCUT2D eigenvalue weighted by Gasteiger charge is 2.12. The minimum atomic E-state index is -0.550. The molecule has 3 N–H and O–H groups in total. The minimum Gasteiger partial charge on any atom is -0.465 e. The minimum absolute atomic E-state index is 0.200. The lowest BCUT2D eigenvalue weighted by Gasteiger charge is -2.11. The smallest absolute Gasteiger partial charge is 0.337 e. The van der Waals surface area contributed by atoms with Crippen molar-refractivity contribution in [3.63, 3.8) is 0 Å². The first kappa shape index (κ1) is 38.5. The third-order valence-corrected chi connectivity index (χ3v) is 8.38. The SMILES string of the molecule is CC(C)n1ncc2ccc(N)cc21.COC(=O)c1ccc(CBr)c(F)c1.COC(=O)c1ccc(CNc2ccc3cnn(C(C)C)c3c2)c(F)c1. The van der Waals surface area contributed by atoms with Gasteiger partial charge in [-0.1, -0.05) is 28.1 Å². The van der Waals surface area contributed by atoms with Crippen LogP contribution in [0.3, 0.4) is 0 Å². The summed E-state index contributed by atoms with van der Waals surface area (Å²) in [5, 5.41) is 14.5. The summed E-state index contributed by atoms with van der Waals surface area (Å²) in [5.74, 6) is -1.92. The normalized spacial score (nSPS) is 10.8. The molecule has 0 saturated heterocycles. The summed E-state index contributed by atoms with van der Waals surface area (Å²) in [7, 11) is 2.53. The average molecular weight is 764 g/mol. The second-order valence-corrected chi connectivity index (χ2v) is 12.6. The molecule has 0 fully saturated rings. The van der Waals surface area contributed by atoms with Crippen molar-refractivity contribution in [2.24, 2.45) is 0 Å². The molecular formula is C38H41BrF2N6O4. The Morgan fingerprint density at radius 3 is 1.71 bits per heavy atom. The number of hydrogen-bond donors (Lipinski definition) is 2. The Bertz CT molecular complexity index is 2130. The van der Waals surface area contributed by atoms with E-state index in [0.29, 0.717) is 29.0 Å². The van der Waals surface area contributed by atoms with Gasteiger partial charge in [0.1, 0.15) is 11.6 Å². The first-order chi connectivity index (χ1) is 24.4. The number of fused-ring (bicyclic) bond motifs is 2. The van der Waals surface area contributed by atoms with Crippen LogP contribution in [0, 0.1) is 11.6 Å². The number of nitrogens with two attached hydrogens (primary N) is 1. The molecular weight excluding hydrogens is 722 g/mol. The summed E-state index contributed by atoms with van der Waals surface area (Å²) >= 11 is 3.13. The zero-order valence-corrected chi connectivity index (χ0v) is 30.9. The summed E-state index contributed by atoms with van der Waals surface area (Å²) in [6, 6.07) is 21.0. The first-order valence-electron chi connectivity index (χ1n) is 16.1. The predicted molar refractivity (Wildman–Crippen MR) is 200 cm³/mol. The fourth-order valence-electron chi connectivity index (χ4n) is 5.06. The molecule has 0 spiro atoms. The maximum atomic E-state index is 14.2. The zero-order valence-electron chi connectivity index (χ0n) is 29.3. The molecule has 4 aromatic carbocycles. The van der Waals surface area contributed by atoms with Crippen molar-refractivity contribution in [2.45, 2.75) is 51.7 Å². The van der Waals surface area contributed by atoms with Gasteiger partial charge < -0.3 is 20.5 Å².